The van der Waals surface area contributed by atoms with E-state index in [9.17, 15) is 0 Å². The van der Waals surface area contributed by atoms with Crippen molar-refractivity contribution in [1.82, 2.24) is 5.32 Å². The van der Waals surface area contributed by atoms with E-state index in [-0.39, 0.29) is 0 Å². The summed E-state index contributed by atoms with van der Waals surface area (Å²) in [6, 6.07) is 19.4. The highest BCUT2D eigenvalue weighted by atomic mass is 14.9. The molecule has 1 heteroatoms. The quantitative estimate of drug-likeness (QED) is 0.583. The van der Waals surface area contributed by atoms with Crippen molar-refractivity contribution >= 4 is 5.57 Å². The highest BCUT2D eigenvalue weighted by molar-refractivity contribution is 5.82. The molecule has 0 aromatic heterocycles. The molecule has 25 heavy (non-hydrogen) atoms. The Labute approximate surface area is 152 Å². The Morgan fingerprint density at radius 1 is 1.04 bits per heavy atom. The minimum Gasteiger partial charge on any atom is -0.307 e. The summed E-state index contributed by atoms with van der Waals surface area (Å²) in [4.78, 5) is 0. The molecule has 0 saturated heterocycles. The second-order valence-electron chi connectivity index (χ2n) is 6.09. The molecule has 128 valence electrons. The van der Waals surface area contributed by atoms with E-state index >= 15 is 0 Å². The van der Waals surface area contributed by atoms with Gasteiger partial charge in [0.2, 0.25) is 0 Å². The molecule has 0 amide bonds. The molecule has 1 atom stereocenters. The Balaban J connectivity index is 2.17. The summed E-state index contributed by atoms with van der Waals surface area (Å²) in [6.45, 7) is 12.8. The van der Waals surface area contributed by atoms with Gasteiger partial charge in [-0.15, -0.1) is 0 Å². The number of nitrogens with one attached hydrogen (secondary N) is 1. The predicted octanol–water partition coefficient (Wildman–Crippen LogP) is 6.03. The summed E-state index contributed by atoms with van der Waals surface area (Å²) in [7, 11) is 0. The van der Waals surface area contributed by atoms with Gasteiger partial charge in [-0.1, -0.05) is 97.6 Å². The average Bonchev–Trinajstić information content (AvgIpc) is 2.65. The van der Waals surface area contributed by atoms with E-state index < -0.39 is 0 Å². The highest BCUT2D eigenvalue weighted by Crippen LogP contribution is 2.24. The number of allylic oxidation sites excluding steroid dienone is 5. The van der Waals surface area contributed by atoms with Crippen molar-refractivity contribution in [3.63, 3.8) is 0 Å². The molecule has 0 bridgehead atoms. The van der Waals surface area contributed by atoms with Gasteiger partial charge in [-0.2, -0.15) is 0 Å². The van der Waals surface area contributed by atoms with Gasteiger partial charge in [0.1, 0.15) is 0 Å². The molecule has 0 aliphatic carbocycles. The maximum absolute atomic E-state index is 3.95. The van der Waals surface area contributed by atoms with Crippen LogP contribution in [0.4, 0.5) is 0 Å². The van der Waals surface area contributed by atoms with Crippen molar-refractivity contribution in [1.29, 1.82) is 0 Å². The molecule has 0 heterocycles. The molecule has 0 aliphatic heterocycles. The maximum Gasteiger partial charge on any atom is 0.0294 e. The smallest absolute Gasteiger partial charge is 0.0294 e. The summed E-state index contributed by atoms with van der Waals surface area (Å²) in [5.41, 5.74) is 6.00. The number of hydrogen-bond donors (Lipinski definition) is 1. The lowest BCUT2D eigenvalue weighted by Gasteiger charge is -2.15. The molecule has 1 N–H and O–H groups in total. The van der Waals surface area contributed by atoms with E-state index in [0.717, 1.165) is 12.1 Å². The fourth-order valence-corrected chi connectivity index (χ4v) is 2.73. The van der Waals surface area contributed by atoms with Crippen LogP contribution in [0.25, 0.3) is 5.57 Å². The monoisotopic (exact) mass is 329 g/mol. The Hall–Kier alpha value is -2.64. The first kappa shape index (κ1) is 18.7. The Morgan fingerprint density at radius 3 is 2.32 bits per heavy atom. The zero-order valence-electron chi connectivity index (χ0n) is 15.2. The lowest BCUT2D eigenvalue weighted by atomic mass is 9.97. The fraction of sp³-hybridized carbons (Fsp3) is 0.167. The van der Waals surface area contributed by atoms with E-state index in [4.69, 9.17) is 0 Å². The molecule has 0 saturated carbocycles. The molecule has 0 radical (unpaired) electrons. The topological polar surface area (TPSA) is 12.0 Å². The Kier molecular flexibility index (Phi) is 7.18. The van der Waals surface area contributed by atoms with Crippen LogP contribution in [0.5, 0.6) is 0 Å². The van der Waals surface area contributed by atoms with E-state index in [1.54, 1.807) is 6.08 Å². The summed E-state index contributed by atoms with van der Waals surface area (Å²) in [5.74, 6) is 0. The first-order valence-corrected chi connectivity index (χ1v) is 8.66. The Morgan fingerprint density at radius 2 is 1.72 bits per heavy atom. The minimum atomic E-state index is 0.296. The van der Waals surface area contributed by atoms with E-state index in [1.807, 2.05) is 18.2 Å². The molecule has 1 unspecified atom stereocenters. The molecule has 2 rings (SSSR count). The minimum absolute atomic E-state index is 0.296. The second-order valence-corrected chi connectivity index (χ2v) is 6.09. The van der Waals surface area contributed by atoms with Crippen LogP contribution in [0.3, 0.4) is 0 Å². The fourth-order valence-electron chi connectivity index (χ4n) is 2.73. The third kappa shape index (κ3) is 5.44. The van der Waals surface area contributed by atoms with E-state index in [1.165, 1.54) is 22.3 Å². The lowest BCUT2D eigenvalue weighted by Crippen LogP contribution is -2.18. The van der Waals surface area contributed by atoms with E-state index in [0.29, 0.717) is 6.04 Å². The first-order valence-electron chi connectivity index (χ1n) is 8.66. The summed E-state index contributed by atoms with van der Waals surface area (Å²) in [6.07, 6.45) is 7.90. The van der Waals surface area contributed by atoms with Gasteiger partial charge in [-0.3, -0.25) is 0 Å². The predicted molar refractivity (Wildman–Crippen MR) is 110 cm³/mol. The van der Waals surface area contributed by atoms with Crippen LogP contribution in [0.15, 0.2) is 97.6 Å². The first-order chi connectivity index (χ1) is 12.2. The lowest BCUT2D eigenvalue weighted by molar-refractivity contribution is 0.617. The zero-order valence-corrected chi connectivity index (χ0v) is 15.2. The average molecular weight is 329 g/mol. The van der Waals surface area contributed by atoms with Gasteiger partial charge < -0.3 is 5.32 Å². The van der Waals surface area contributed by atoms with E-state index in [2.05, 4.69) is 86.9 Å². The van der Waals surface area contributed by atoms with Gasteiger partial charge in [-0.25, -0.2) is 0 Å². The standard InChI is InChI=1S/C24H27N/c1-5-10-21(6-2)24(23-11-8-7-9-12-23)17-18-25-20(4)22-15-13-19(3)14-16-22/h5-17,20,25H,1-2,18H2,3-4H3/b21-10+,24-17-. The number of aryl methyl sites for hydroxylation is 1. The van der Waals surface area contributed by atoms with Gasteiger partial charge in [-0.05, 0) is 36.1 Å². The molecular weight excluding hydrogens is 302 g/mol. The van der Waals surface area contributed by atoms with Crippen LogP contribution in [0.2, 0.25) is 0 Å². The van der Waals surface area contributed by atoms with Crippen LogP contribution in [-0.2, 0) is 0 Å². The molecule has 0 spiro atoms. The number of rotatable bonds is 8. The third-order valence-corrected chi connectivity index (χ3v) is 4.22. The van der Waals surface area contributed by atoms with Gasteiger partial charge in [0.05, 0.1) is 0 Å². The van der Waals surface area contributed by atoms with Gasteiger partial charge in [0, 0.05) is 12.6 Å². The highest BCUT2D eigenvalue weighted by Gasteiger charge is 2.06. The van der Waals surface area contributed by atoms with Crippen molar-refractivity contribution in [2.24, 2.45) is 0 Å². The second kappa shape index (κ2) is 9.61. The van der Waals surface area contributed by atoms with Crippen molar-refractivity contribution in [2.75, 3.05) is 6.54 Å². The molecule has 2 aromatic rings. The summed E-state index contributed by atoms with van der Waals surface area (Å²) in [5, 5.41) is 3.58. The molecular formula is C24H27N. The largest absolute Gasteiger partial charge is 0.307 e. The van der Waals surface area contributed by atoms with Crippen LogP contribution >= 0.6 is 0 Å². The van der Waals surface area contributed by atoms with Crippen molar-refractivity contribution in [3.05, 3.63) is 114 Å². The zero-order chi connectivity index (χ0) is 18.1. The van der Waals surface area contributed by atoms with Gasteiger partial charge in [0.25, 0.3) is 0 Å². The molecule has 2 aromatic carbocycles. The Bertz CT molecular complexity index is 748. The van der Waals surface area contributed by atoms with Crippen LogP contribution in [0.1, 0.15) is 29.7 Å². The number of hydrogen-bond acceptors (Lipinski definition) is 1. The van der Waals surface area contributed by atoms with Crippen LogP contribution < -0.4 is 5.32 Å². The normalized spacial score (nSPS) is 13.4. The third-order valence-electron chi connectivity index (χ3n) is 4.22. The molecule has 0 fully saturated rings. The van der Waals surface area contributed by atoms with Crippen LogP contribution in [0, 0.1) is 6.92 Å². The van der Waals surface area contributed by atoms with Gasteiger partial charge in [0.15, 0.2) is 0 Å². The van der Waals surface area contributed by atoms with Crippen molar-refractivity contribution in [2.45, 2.75) is 19.9 Å². The van der Waals surface area contributed by atoms with Crippen molar-refractivity contribution < 1.29 is 0 Å². The SMILES string of the molecule is C=C/C=C(C=C)/C(=C/CNC(C)c1ccc(C)cc1)c1ccccc1. The van der Waals surface area contributed by atoms with Crippen molar-refractivity contribution in [3.8, 4) is 0 Å². The summed E-state index contributed by atoms with van der Waals surface area (Å²) < 4.78 is 0. The van der Waals surface area contributed by atoms with Crippen LogP contribution in [-0.4, -0.2) is 6.54 Å². The molecule has 0 aliphatic rings. The summed E-state index contributed by atoms with van der Waals surface area (Å²) >= 11 is 0. The number of benzene rings is 2. The molecule has 1 nitrogen and oxygen atoms in total. The maximum atomic E-state index is 3.95. The van der Waals surface area contributed by atoms with Gasteiger partial charge >= 0.3 is 0 Å².